The van der Waals surface area contributed by atoms with Crippen LogP contribution >= 0.6 is 89.8 Å². The maximum absolute atomic E-state index is 11.4. The molecule has 2 unspecified atom stereocenters. The smallest absolute Gasteiger partial charge is 0.303 e. The SMILES string of the molecule is CC/C=C\SS[C@@H]1OC(COC(C)=O)[C@@H](C)[C@H](C)C1OC(C)=O.[3H]SCC/C=C\CSSCCN1CCCCC1.[3H]SCCCSSCCN1CCCCC1. The molecule has 3 heterocycles. The van der Waals surface area contributed by atoms with Gasteiger partial charge in [-0.1, -0.05) is 117 Å². The summed E-state index contributed by atoms with van der Waals surface area (Å²) in [5.74, 6) is 6.33. The van der Waals surface area contributed by atoms with Gasteiger partial charge in [-0.25, -0.2) is 0 Å². The molecule has 3 aliphatic rings. The molecular weight excluding hydrogens is 821 g/mol. The van der Waals surface area contributed by atoms with Crippen LogP contribution in [0.5, 0.6) is 0 Å². The molecule has 0 N–H and O–H groups in total. The van der Waals surface area contributed by atoms with E-state index in [0.717, 1.165) is 30.1 Å². The third-order valence-electron chi connectivity index (χ3n) is 8.84. The zero-order valence-corrected chi connectivity index (χ0v) is 39.5. The number of carbonyl (C=O) groups excluding carboxylic acids is 2. The van der Waals surface area contributed by atoms with E-state index in [4.69, 9.17) is 16.5 Å². The molecule has 0 aromatic heterocycles. The summed E-state index contributed by atoms with van der Waals surface area (Å²) in [4.78, 5) is 27.6. The van der Waals surface area contributed by atoms with E-state index in [-0.39, 0.29) is 48.0 Å². The van der Waals surface area contributed by atoms with Crippen molar-refractivity contribution in [2.24, 2.45) is 11.8 Å². The molecule has 0 amide bonds. The number of esters is 2. The Morgan fingerprint density at radius 1 is 0.811 bits per heavy atom. The van der Waals surface area contributed by atoms with Crippen molar-refractivity contribution in [3.05, 3.63) is 23.6 Å². The van der Waals surface area contributed by atoms with Crippen molar-refractivity contribution < 1.29 is 23.8 Å². The van der Waals surface area contributed by atoms with Gasteiger partial charge in [-0.05, 0) is 94.0 Å². The normalized spacial score (nSPS) is 24.4. The monoisotopic (exact) mass is 894 g/mol. The number of nitrogens with zero attached hydrogens (tertiary/aromatic N) is 2. The van der Waals surface area contributed by atoms with Gasteiger partial charge in [0.25, 0.3) is 0 Å². The van der Waals surface area contributed by atoms with Crippen molar-refractivity contribution in [1.82, 2.24) is 9.80 Å². The highest BCUT2D eigenvalue weighted by Gasteiger charge is 2.44. The number of allylic oxidation sites excluding steroid dienone is 2. The Hall–Kier alpha value is 1.10. The Morgan fingerprint density at radius 2 is 1.43 bits per heavy atom. The van der Waals surface area contributed by atoms with Crippen molar-refractivity contribution >= 4 is 102 Å². The lowest BCUT2D eigenvalue weighted by atomic mass is 9.84. The van der Waals surface area contributed by atoms with E-state index in [1.54, 1.807) is 10.8 Å². The summed E-state index contributed by atoms with van der Waals surface area (Å²) >= 11 is 2.38. The molecule has 3 rings (SSSR count). The predicted molar refractivity (Wildman–Crippen MR) is 250 cm³/mol. The summed E-state index contributed by atoms with van der Waals surface area (Å²) in [6, 6.07) is 0. The highest BCUT2D eigenvalue weighted by atomic mass is 33.1. The Kier molecular flexibility index (Phi) is 33.1. The maximum Gasteiger partial charge on any atom is 0.303 e. The fourth-order valence-electron chi connectivity index (χ4n) is 5.64. The molecule has 3 fully saturated rings. The van der Waals surface area contributed by atoms with Crippen molar-refractivity contribution in [2.75, 3.05) is 80.4 Å². The number of hydrogen-bond donors (Lipinski definition) is 2. The topological polar surface area (TPSA) is 68.3 Å². The number of thiol groups is 2. The van der Waals surface area contributed by atoms with Crippen molar-refractivity contribution in [3.63, 3.8) is 0 Å². The maximum atomic E-state index is 11.4. The van der Waals surface area contributed by atoms with Crippen LogP contribution in [-0.2, 0) is 23.8 Å². The lowest BCUT2D eigenvalue weighted by Gasteiger charge is -2.43. The molecule has 0 saturated carbocycles. The Balaban J connectivity index is 0.000000424. The van der Waals surface area contributed by atoms with Crippen LogP contribution in [0.2, 0.25) is 0 Å². The molecule has 0 aromatic rings. The van der Waals surface area contributed by atoms with Crippen LogP contribution in [0.15, 0.2) is 23.6 Å². The van der Waals surface area contributed by atoms with Crippen LogP contribution in [0.1, 0.15) is 92.4 Å². The van der Waals surface area contributed by atoms with Gasteiger partial charge in [0.05, 0.1) is 6.10 Å². The highest BCUT2D eigenvalue weighted by Crippen LogP contribution is 2.42. The van der Waals surface area contributed by atoms with E-state index < -0.39 is 0 Å². The van der Waals surface area contributed by atoms with Gasteiger partial charge >= 0.3 is 11.9 Å². The number of carbonyl (C=O) groups is 2. The minimum absolute atomic E-state index is 0.112. The molecule has 3 aliphatic heterocycles. The van der Waals surface area contributed by atoms with Gasteiger partial charge in [0.15, 0.2) is 5.44 Å². The van der Waals surface area contributed by atoms with E-state index in [9.17, 15) is 9.59 Å². The van der Waals surface area contributed by atoms with Gasteiger partial charge < -0.3 is 24.0 Å². The number of piperidine rings is 2. The molecule has 53 heavy (non-hydrogen) atoms. The summed E-state index contributed by atoms with van der Waals surface area (Å²) in [5.41, 5.74) is -0.294. The molecule has 15 heteroatoms. The number of ether oxygens (including phenoxy) is 3. The predicted octanol–water partition coefficient (Wildman–Crippen LogP) is 10.7. The minimum atomic E-state index is -0.319. The van der Waals surface area contributed by atoms with E-state index in [1.165, 1.54) is 151 Å². The first-order chi connectivity index (χ1) is 26.7. The standard InChI is InChI=1S/C16H26O5S2.C12H23NS3.C10H21NS3/c1-6-7-8-22-23-16-15(20-13(5)18)11(3)10(2)14(21-16)9-19-12(4)17;14-10-5-2-6-11-15-16-12-9-13-7-3-1-4-8-13;12-8-4-9-13-14-10-7-11-5-2-1-3-6-11/h7-8,10-11,14-16H,6,9H2,1-5H3;2,6,14H,1,3-5,7-12H2;12H,1-10H2/b8-7-;6-2-;/t10-,11-,14?,15?,16-;;/m0../s1/i/hT2. The molecule has 0 aromatic carbocycles. The molecule has 310 valence electrons. The molecule has 0 bridgehead atoms. The van der Waals surface area contributed by atoms with Crippen LogP contribution in [-0.4, -0.2) is 122 Å². The number of likely N-dealkylation sites (tertiary alicyclic amines) is 2. The third-order valence-corrected chi connectivity index (χ3v) is 16.3. The lowest BCUT2D eigenvalue weighted by molar-refractivity contribution is -0.184. The van der Waals surface area contributed by atoms with Crippen LogP contribution in [0, 0.1) is 11.8 Å². The van der Waals surface area contributed by atoms with Gasteiger partial charge in [-0.2, -0.15) is 25.1 Å². The van der Waals surface area contributed by atoms with Crippen molar-refractivity contribution in [1.29, 1.82) is 2.25 Å². The van der Waals surface area contributed by atoms with Gasteiger partial charge in [0.1, 0.15) is 15.0 Å². The Bertz CT molecular complexity index is 999. The number of rotatable bonds is 24. The first-order valence-electron chi connectivity index (χ1n) is 20.2. The van der Waals surface area contributed by atoms with E-state index in [0.29, 0.717) is 0 Å². The first kappa shape index (κ1) is 48.5. The van der Waals surface area contributed by atoms with Gasteiger partial charge in [0, 0.05) is 55.9 Å². The second-order valence-electron chi connectivity index (χ2n) is 13.2. The zero-order chi connectivity index (χ0) is 40.4. The lowest BCUT2D eigenvalue weighted by Crippen LogP contribution is -2.50. The third kappa shape index (κ3) is 28.2. The van der Waals surface area contributed by atoms with Crippen LogP contribution in [0.4, 0.5) is 0 Å². The Morgan fingerprint density at radius 3 is 2.02 bits per heavy atom. The van der Waals surface area contributed by atoms with Gasteiger partial charge in [-0.15, -0.1) is 0 Å². The first-order valence-corrected chi connectivity index (χ1v) is 27.8. The van der Waals surface area contributed by atoms with Gasteiger partial charge in [-0.3, -0.25) is 9.59 Å². The van der Waals surface area contributed by atoms with E-state index in [1.807, 2.05) is 62.4 Å². The van der Waals surface area contributed by atoms with Crippen LogP contribution in [0.3, 0.4) is 0 Å². The molecule has 7 nitrogen and oxygen atoms in total. The van der Waals surface area contributed by atoms with Crippen molar-refractivity contribution in [2.45, 2.75) is 110 Å². The summed E-state index contributed by atoms with van der Waals surface area (Å²) in [6.45, 7) is 17.0. The fourth-order valence-corrected chi connectivity index (χ4v) is 12.3. The van der Waals surface area contributed by atoms with Gasteiger partial charge in [0.2, 0.25) is 0 Å². The number of hydrogen-bond acceptors (Lipinski definition) is 15. The second-order valence-corrected chi connectivity index (χ2v) is 21.6. The minimum Gasteiger partial charge on any atom is -0.463 e. The average Bonchev–Trinajstić information content (AvgIpc) is 3.18. The van der Waals surface area contributed by atoms with E-state index in [2.05, 4.69) is 35.0 Å². The summed E-state index contributed by atoms with van der Waals surface area (Å²) < 4.78 is 30.5. The molecule has 5 atom stereocenters. The molecule has 0 radical (unpaired) electrons. The van der Waals surface area contributed by atoms with E-state index >= 15 is 0 Å². The summed E-state index contributed by atoms with van der Waals surface area (Å²) in [7, 11) is 11.0. The zero-order valence-electron chi connectivity index (χ0n) is 35.0. The highest BCUT2D eigenvalue weighted by molar-refractivity contribution is 8.78. The molecular formula is C38H70N2O5S8. The summed E-state index contributed by atoms with van der Waals surface area (Å²) in [6.07, 6.45) is 17.6. The largest absolute Gasteiger partial charge is 0.463 e. The quantitative estimate of drug-likeness (QED) is 0.0318. The molecule has 0 aliphatic carbocycles. The summed E-state index contributed by atoms with van der Waals surface area (Å²) in [5, 5.41) is 2.00. The average molecular weight is 896 g/mol. The molecule has 0 spiro atoms. The van der Waals surface area contributed by atoms with Crippen molar-refractivity contribution in [3.8, 4) is 0 Å². The second kappa shape index (κ2) is 36.2. The van der Waals surface area contributed by atoms with Crippen LogP contribution in [0.25, 0.3) is 0 Å². The van der Waals surface area contributed by atoms with Crippen LogP contribution < -0.4 is 0 Å². The fraction of sp³-hybridized carbons (Fsp3) is 0.842. The Labute approximate surface area is 360 Å². The molecule has 3 saturated heterocycles.